The summed E-state index contributed by atoms with van der Waals surface area (Å²) in [6.45, 7) is 4.60. The van der Waals surface area contributed by atoms with E-state index in [1.54, 1.807) is 24.2 Å². The lowest BCUT2D eigenvalue weighted by atomic mass is 10.0. The van der Waals surface area contributed by atoms with Crippen molar-refractivity contribution in [2.45, 2.75) is 32.9 Å². The molecule has 7 nitrogen and oxygen atoms in total. The molecule has 1 atom stereocenters. The fourth-order valence-corrected chi connectivity index (χ4v) is 2.72. The minimum atomic E-state index is -0.114. The van der Waals surface area contributed by atoms with E-state index in [0.29, 0.717) is 25.3 Å². The van der Waals surface area contributed by atoms with Crippen LogP contribution >= 0.6 is 0 Å². The van der Waals surface area contributed by atoms with E-state index in [9.17, 15) is 9.90 Å². The summed E-state index contributed by atoms with van der Waals surface area (Å²) >= 11 is 0. The van der Waals surface area contributed by atoms with Gasteiger partial charge in [0.2, 0.25) is 5.91 Å². The average molecular weight is 327 g/mol. The van der Waals surface area contributed by atoms with Gasteiger partial charge in [-0.25, -0.2) is 9.97 Å². The molecule has 2 aromatic heterocycles. The van der Waals surface area contributed by atoms with Gasteiger partial charge in [-0.1, -0.05) is 0 Å². The van der Waals surface area contributed by atoms with Crippen molar-refractivity contribution >= 4 is 11.7 Å². The number of fused-ring (bicyclic) bond motifs is 1. The highest BCUT2D eigenvalue weighted by Gasteiger charge is 2.24. The molecule has 0 fully saturated rings. The molecule has 0 saturated heterocycles. The van der Waals surface area contributed by atoms with Crippen LogP contribution in [0.15, 0.2) is 24.5 Å². The van der Waals surface area contributed by atoms with Crippen molar-refractivity contribution in [3.8, 4) is 11.4 Å². The fourth-order valence-electron chi connectivity index (χ4n) is 2.72. The Morgan fingerprint density at radius 1 is 1.46 bits per heavy atom. The second-order valence-corrected chi connectivity index (χ2v) is 5.98. The molecule has 0 saturated carbocycles. The van der Waals surface area contributed by atoms with Crippen LogP contribution in [0.4, 0.5) is 5.82 Å². The molecule has 2 N–H and O–H groups in total. The van der Waals surface area contributed by atoms with Crippen LogP contribution in [0.5, 0.6) is 0 Å². The van der Waals surface area contributed by atoms with Crippen LogP contribution in [0, 0.1) is 0 Å². The number of rotatable bonds is 4. The van der Waals surface area contributed by atoms with Gasteiger partial charge in [0, 0.05) is 43.0 Å². The molecule has 1 amide bonds. The van der Waals surface area contributed by atoms with Crippen molar-refractivity contribution in [3.63, 3.8) is 0 Å². The Hall–Kier alpha value is -2.54. The second-order valence-electron chi connectivity index (χ2n) is 5.98. The number of nitrogens with zero attached hydrogens (tertiary/aromatic N) is 4. The van der Waals surface area contributed by atoms with Crippen LogP contribution in [0.2, 0.25) is 0 Å². The molecular formula is C17H21N5O2. The Morgan fingerprint density at radius 3 is 2.96 bits per heavy atom. The van der Waals surface area contributed by atoms with Crippen LogP contribution in [0.3, 0.4) is 0 Å². The zero-order valence-corrected chi connectivity index (χ0v) is 13.9. The second kappa shape index (κ2) is 6.92. The Kier molecular flexibility index (Phi) is 4.71. The first kappa shape index (κ1) is 16.3. The van der Waals surface area contributed by atoms with Crippen LogP contribution in [-0.2, 0) is 17.8 Å². The van der Waals surface area contributed by atoms with E-state index in [4.69, 9.17) is 0 Å². The van der Waals surface area contributed by atoms with Crippen molar-refractivity contribution in [2.75, 3.05) is 18.5 Å². The molecule has 0 unspecified atom stereocenters. The summed E-state index contributed by atoms with van der Waals surface area (Å²) < 4.78 is 0. The van der Waals surface area contributed by atoms with Gasteiger partial charge in [-0.3, -0.25) is 9.78 Å². The highest BCUT2D eigenvalue weighted by molar-refractivity contribution is 5.74. The molecular weight excluding hydrogens is 306 g/mol. The molecule has 0 aliphatic carbocycles. The summed E-state index contributed by atoms with van der Waals surface area (Å²) in [5, 5.41) is 12.6. The maximum Gasteiger partial charge on any atom is 0.219 e. The quantitative estimate of drug-likeness (QED) is 0.878. The lowest BCUT2D eigenvalue weighted by Gasteiger charge is -2.29. The number of hydrogen-bond acceptors (Lipinski definition) is 6. The van der Waals surface area contributed by atoms with E-state index < -0.39 is 0 Å². The van der Waals surface area contributed by atoms with Gasteiger partial charge in [0.05, 0.1) is 18.8 Å². The van der Waals surface area contributed by atoms with Crippen molar-refractivity contribution in [1.29, 1.82) is 0 Å². The molecule has 2 aromatic rings. The first-order chi connectivity index (χ1) is 11.6. The van der Waals surface area contributed by atoms with E-state index in [-0.39, 0.29) is 18.6 Å². The van der Waals surface area contributed by atoms with Gasteiger partial charge in [0.1, 0.15) is 5.82 Å². The van der Waals surface area contributed by atoms with Crippen LogP contribution in [-0.4, -0.2) is 50.1 Å². The van der Waals surface area contributed by atoms with Crippen LogP contribution in [0.25, 0.3) is 11.4 Å². The van der Waals surface area contributed by atoms with Crippen molar-refractivity contribution in [2.24, 2.45) is 0 Å². The van der Waals surface area contributed by atoms with E-state index in [2.05, 4.69) is 20.3 Å². The normalized spacial score (nSPS) is 14.9. The van der Waals surface area contributed by atoms with Gasteiger partial charge in [-0.2, -0.15) is 0 Å². The molecule has 0 bridgehead atoms. The smallest absolute Gasteiger partial charge is 0.219 e. The Morgan fingerprint density at radius 2 is 2.29 bits per heavy atom. The molecule has 0 radical (unpaired) electrons. The van der Waals surface area contributed by atoms with Gasteiger partial charge in [-0.05, 0) is 25.5 Å². The minimum Gasteiger partial charge on any atom is -0.394 e. The monoisotopic (exact) mass is 327 g/mol. The summed E-state index contributed by atoms with van der Waals surface area (Å²) in [7, 11) is 0. The highest BCUT2D eigenvalue weighted by Crippen LogP contribution is 2.27. The first-order valence-corrected chi connectivity index (χ1v) is 8.01. The molecule has 7 heteroatoms. The molecule has 1 aliphatic heterocycles. The van der Waals surface area contributed by atoms with Crippen molar-refractivity contribution < 1.29 is 9.90 Å². The predicted molar refractivity (Wildman–Crippen MR) is 90.2 cm³/mol. The average Bonchev–Trinajstić information content (AvgIpc) is 2.61. The van der Waals surface area contributed by atoms with Gasteiger partial charge in [-0.15, -0.1) is 0 Å². The van der Waals surface area contributed by atoms with E-state index in [0.717, 1.165) is 22.6 Å². The third-order valence-electron chi connectivity index (χ3n) is 4.09. The van der Waals surface area contributed by atoms with E-state index in [1.165, 1.54) is 0 Å². The standard InChI is InChI=1S/C17H21N5O2/c1-11(10-23)19-17-14-5-7-22(12(2)24)9-15(14)20-16(21-17)13-4-3-6-18-8-13/h3-4,6,8,11,23H,5,7,9-10H2,1-2H3,(H,19,20,21)/t11-/m0/s1. The Bertz CT molecular complexity index is 735. The van der Waals surface area contributed by atoms with E-state index >= 15 is 0 Å². The number of pyridine rings is 1. The summed E-state index contributed by atoms with van der Waals surface area (Å²) in [6, 6.07) is 3.62. The third-order valence-corrected chi connectivity index (χ3v) is 4.09. The van der Waals surface area contributed by atoms with Crippen LogP contribution in [0.1, 0.15) is 25.1 Å². The molecule has 1 aliphatic rings. The minimum absolute atomic E-state index is 0.0145. The summed E-state index contributed by atoms with van der Waals surface area (Å²) in [4.78, 5) is 26.9. The topological polar surface area (TPSA) is 91.2 Å². The van der Waals surface area contributed by atoms with Gasteiger partial charge in [0.15, 0.2) is 5.82 Å². The van der Waals surface area contributed by atoms with Gasteiger partial charge >= 0.3 is 0 Å². The lowest BCUT2D eigenvalue weighted by molar-refractivity contribution is -0.129. The van der Waals surface area contributed by atoms with Crippen molar-refractivity contribution in [3.05, 3.63) is 35.8 Å². The number of carbonyl (C=O) groups excluding carboxylic acids is 1. The molecule has 126 valence electrons. The number of anilines is 1. The largest absolute Gasteiger partial charge is 0.394 e. The predicted octanol–water partition coefficient (Wildman–Crippen LogP) is 1.24. The molecule has 0 spiro atoms. The Balaban J connectivity index is 2.04. The number of carbonyl (C=O) groups is 1. The van der Waals surface area contributed by atoms with Gasteiger partial charge in [0.25, 0.3) is 0 Å². The number of aliphatic hydroxyl groups excluding tert-OH is 1. The third kappa shape index (κ3) is 3.35. The zero-order chi connectivity index (χ0) is 17.1. The van der Waals surface area contributed by atoms with E-state index in [1.807, 2.05) is 19.1 Å². The summed E-state index contributed by atoms with van der Waals surface area (Å²) in [5.41, 5.74) is 2.68. The van der Waals surface area contributed by atoms with Crippen LogP contribution < -0.4 is 5.32 Å². The number of amides is 1. The number of nitrogens with one attached hydrogen (secondary N) is 1. The van der Waals surface area contributed by atoms with Gasteiger partial charge < -0.3 is 15.3 Å². The number of aliphatic hydroxyl groups is 1. The number of hydrogen-bond donors (Lipinski definition) is 2. The lowest BCUT2D eigenvalue weighted by Crippen LogP contribution is -2.36. The molecule has 24 heavy (non-hydrogen) atoms. The molecule has 3 heterocycles. The fraction of sp³-hybridized carbons (Fsp3) is 0.412. The maximum atomic E-state index is 11.7. The summed E-state index contributed by atoms with van der Waals surface area (Å²) in [6.07, 6.45) is 4.11. The highest BCUT2D eigenvalue weighted by atomic mass is 16.3. The SMILES string of the molecule is CC(=O)N1CCc2c(nc(-c3cccnc3)nc2N[C@@H](C)CO)C1. The molecule has 0 aromatic carbocycles. The zero-order valence-electron chi connectivity index (χ0n) is 13.9. The summed E-state index contributed by atoms with van der Waals surface area (Å²) in [5.74, 6) is 1.34. The Labute approximate surface area is 140 Å². The maximum absolute atomic E-state index is 11.7. The van der Waals surface area contributed by atoms with Crippen molar-refractivity contribution in [1.82, 2.24) is 19.9 Å². The number of aromatic nitrogens is 3. The molecule has 3 rings (SSSR count). The first-order valence-electron chi connectivity index (χ1n) is 8.01.